The molecule has 0 atom stereocenters. The molecule has 6 nitrogen and oxygen atoms in total. The van der Waals surface area contributed by atoms with E-state index in [0.29, 0.717) is 6.54 Å². The molecule has 1 aliphatic rings. The molecule has 1 aliphatic heterocycles. The Balaban J connectivity index is 1.57. The van der Waals surface area contributed by atoms with Gasteiger partial charge in [-0.2, -0.15) is 0 Å². The maximum absolute atomic E-state index is 4.35. The van der Waals surface area contributed by atoms with Crippen molar-refractivity contribution in [3.8, 4) is 0 Å². The van der Waals surface area contributed by atoms with E-state index in [0.717, 1.165) is 37.1 Å². The second kappa shape index (κ2) is 7.95. The minimum atomic E-state index is 0.639. The van der Waals surface area contributed by atoms with Crippen molar-refractivity contribution in [2.24, 2.45) is 4.99 Å². The molecule has 1 aromatic carbocycles. The van der Waals surface area contributed by atoms with E-state index in [2.05, 4.69) is 61.6 Å². The fourth-order valence-electron chi connectivity index (χ4n) is 3.05. The van der Waals surface area contributed by atoms with E-state index in [1.54, 1.807) is 7.05 Å². The first-order chi connectivity index (χ1) is 11.8. The molecule has 128 valence electrons. The van der Waals surface area contributed by atoms with Crippen LogP contribution >= 0.6 is 0 Å². The summed E-state index contributed by atoms with van der Waals surface area (Å²) in [6.45, 7) is 4.54. The maximum atomic E-state index is 4.35. The number of guanidine groups is 1. The molecule has 2 aromatic rings. The van der Waals surface area contributed by atoms with Gasteiger partial charge in [-0.05, 0) is 30.9 Å². The van der Waals surface area contributed by atoms with Gasteiger partial charge in [0.05, 0.1) is 6.54 Å². The Morgan fingerprint density at radius 3 is 2.79 bits per heavy atom. The highest BCUT2D eigenvalue weighted by Crippen LogP contribution is 2.14. The van der Waals surface area contributed by atoms with Gasteiger partial charge < -0.3 is 15.2 Å². The predicted molar refractivity (Wildman–Crippen MR) is 95.8 cm³/mol. The summed E-state index contributed by atoms with van der Waals surface area (Å²) in [5.41, 5.74) is 2.56. The zero-order valence-corrected chi connectivity index (χ0v) is 14.5. The molecule has 0 spiro atoms. The lowest BCUT2D eigenvalue weighted by Crippen LogP contribution is -2.37. The average Bonchev–Trinajstić information content (AvgIpc) is 2.83. The second-order valence-electron chi connectivity index (χ2n) is 6.20. The summed E-state index contributed by atoms with van der Waals surface area (Å²) in [5.74, 6) is 2.89. The average molecular weight is 326 g/mol. The summed E-state index contributed by atoms with van der Waals surface area (Å²) < 4.78 is 2.26. The first kappa shape index (κ1) is 16.5. The fourth-order valence-corrected chi connectivity index (χ4v) is 3.05. The number of rotatable bonds is 4. The van der Waals surface area contributed by atoms with Gasteiger partial charge in [0.25, 0.3) is 0 Å². The largest absolute Gasteiger partial charge is 0.352 e. The van der Waals surface area contributed by atoms with Crippen LogP contribution in [0.4, 0.5) is 0 Å². The van der Waals surface area contributed by atoms with Crippen LogP contribution < -0.4 is 10.6 Å². The minimum absolute atomic E-state index is 0.639. The monoisotopic (exact) mass is 326 g/mol. The van der Waals surface area contributed by atoms with Crippen molar-refractivity contribution >= 4 is 5.96 Å². The Bertz CT molecular complexity index is 703. The molecule has 0 saturated heterocycles. The number of fused-ring (bicyclic) bond motifs is 1. The van der Waals surface area contributed by atoms with Gasteiger partial charge in [0, 0.05) is 26.6 Å². The lowest BCUT2D eigenvalue weighted by molar-refractivity contribution is 0.596. The zero-order chi connectivity index (χ0) is 16.8. The molecule has 0 amide bonds. The zero-order valence-electron chi connectivity index (χ0n) is 14.5. The Morgan fingerprint density at radius 1 is 1.12 bits per heavy atom. The summed E-state index contributed by atoms with van der Waals surface area (Å²) in [4.78, 5) is 4.30. The van der Waals surface area contributed by atoms with E-state index in [1.165, 1.54) is 30.4 Å². The minimum Gasteiger partial charge on any atom is -0.352 e. The van der Waals surface area contributed by atoms with Gasteiger partial charge in [0.15, 0.2) is 11.8 Å². The number of nitrogens with zero attached hydrogens (tertiary/aromatic N) is 4. The van der Waals surface area contributed by atoms with Crippen LogP contribution in [0.1, 0.15) is 42.0 Å². The number of hydrogen-bond donors (Lipinski definition) is 2. The van der Waals surface area contributed by atoms with Gasteiger partial charge in [-0.15, -0.1) is 10.2 Å². The first-order valence-corrected chi connectivity index (χ1v) is 8.68. The van der Waals surface area contributed by atoms with Gasteiger partial charge >= 0.3 is 0 Å². The molecule has 0 aliphatic carbocycles. The number of nitrogens with one attached hydrogen (secondary N) is 2. The quantitative estimate of drug-likeness (QED) is 0.667. The van der Waals surface area contributed by atoms with Crippen molar-refractivity contribution in [1.29, 1.82) is 0 Å². The smallest absolute Gasteiger partial charge is 0.191 e. The molecule has 0 saturated carbocycles. The molecule has 24 heavy (non-hydrogen) atoms. The highest BCUT2D eigenvalue weighted by molar-refractivity contribution is 5.79. The van der Waals surface area contributed by atoms with Gasteiger partial charge in [-0.25, -0.2) is 0 Å². The third kappa shape index (κ3) is 3.93. The molecule has 0 unspecified atom stereocenters. The fraction of sp³-hybridized carbons (Fsp3) is 0.500. The van der Waals surface area contributed by atoms with Gasteiger partial charge in [-0.1, -0.05) is 30.7 Å². The van der Waals surface area contributed by atoms with Crippen molar-refractivity contribution < 1.29 is 0 Å². The van der Waals surface area contributed by atoms with E-state index >= 15 is 0 Å². The van der Waals surface area contributed by atoms with Crippen LogP contribution in [0.25, 0.3) is 0 Å². The number of benzene rings is 1. The second-order valence-corrected chi connectivity index (χ2v) is 6.20. The summed E-state index contributed by atoms with van der Waals surface area (Å²) in [6, 6.07) is 8.38. The Kier molecular flexibility index (Phi) is 5.46. The molecular formula is C18H26N6. The molecule has 6 heteroatoms. The summed E-state index contributed by atoms with van der Waals surface area (Å²) in [6.07, 6.45) is 4.73. The standard InChI is InChI=1S/C18H26N6/c1-14-8-5-6-9-15(14)12-20-18(19-2)21-13-17-23-22-16-10-4-3-7-11-24(16)17/h5-6,8-9H,3-4,7,10-13H2,1-2H3,(H2,19,20,21). The normalized spacial score (nSPS) is 14.8. The molecule has 0 fully saturated rings. The van der Waals surface area contributed by atoms with Crippen LogP contribution in [0.2, 0.25) is 0 Å². The Morgan fingerprint density at radius 2 is 1.96 bits per heavy atom. The molecule has 3 rings (SSSR count). The third-order valence-corrected chi connectivity index (χ3v) is 4.53. The SMILES string of the molecule is CN=C(NCc1ccccc1C)NCc1nnc2n1CCCCC2. The highest BCUT2D eigenvalue weighted by atomic mass is 15.3. The molecule has 2 heterocycles. The van der Waals surface area contributed by atoms with E-state index in [1.807, 2.05) is 0 Å². The Hall–Kier alpha value is -2.37. The van der Waals surface area contributed by atoms with Crippen molar-refractivity contribution in [3.05, 3.63) is 47.0 Å². The number of aromatic nitrogens is 3. The lowest BCUT2D eigenvalue weighted by atomic mass is 10.1. The van der Waals surface area contributed by atoms with E-state index < -0.39 is 0 Å². The van der Waals surface area contributed by atoms with Crippen molar-refractivity contribution in [3.63, 3.8) is 0 Å². The number of aryl methyl sites for hydroxylation is 2. The van der Waals surface area contributed by atoms with Gasteiger partial charge in [0.1, 0.15) is 5.82 Å². The number of hydrogen-bond acceptors (Lipinski definition) is 3. The van der Waals surface area contributed by atoms with Crippen LogP contribution in [0.5, 0.6) is 0 Å². The van der Waals surface area contributed by atoms with E-state index in [4.69, 9.17) is 0 Å². The van der Waals surface area contributed by atoms with Crippen LogP contribution in [0, 0.1) is 6.92 Å². The first-order valence-electron chi connectivity index (χ1n) is 8.68. The molecule has 1 aromatic heterocycles. The van der Waals surface area contributed by atoms with Crippen molar-refractivity contribution in [2.75, 3.05) is 7.05 Å². The molecular weight excluding hydrogens is 300 g/mol. The topological polar surface area (TPSA) is 67.1 Å². The third-order valence-electron chi connectivity index (χ3n) is 4.53. The summed E-state index contributed by atoms with van der Waals surface area (Å²) in [7, 11) is 1.79. The highest BCUT2D eigenvalue weighted by Gasteiger charge is 2.14. The van der Waals surface area contributed by atoms with Gasteiger partial charge in [0.2, 0.25) is 0 Å². The predicted octanol–water partition coefficient (Wildman–Crippen LogP) is 2.18. The maximum Gasteiger partial charge on any atom is 0.191 e. The molecule has 0 bridgehead atoms. The molecule has 2 N–H and O–H groups in total. The number of aliphatic imine (C=N–C) groups is 1. The van der Waals surface area contributed by atoms with Crippen LogP contribution in [0.3, 0.4) is 0 Å². The lowest BCUT2D eigenvalue weighted by Gasteiger charge is -2.13. The van der Waals surface area contributed by atoms with E-state index in [9.17, 15) is 0 Å². The van der Waals surface area contributed by atoms with Crippen molar-refractivity contribution in [1.82, 2.24) is 25.4 Å². The van der Waals surface area contributed by atoms with Crippen molar-refractivity contribution in [2.45, 2.75) is 52.2 Å². The Labute approximate surface area is 143 Å². The van der Waals surface area contributed by atoms with Crippen LogP contribution in [-0.4, -0.2) is 27.8 Å². The van der Waals surface area contributed by atoms with Gasteiger partial charge in [-0.3, -0.25) is 4.99 Å². The van der Waals surface area contributed by atoms with Crippen LogP contribution in [-0.2, 0) is 26.1 Å². The summed E-state index contributed by atoms with van der Waals surface area (Å²) in [5, 5.41) is 15.4. The summed E-state index contributed by atoms with van der Waals surface area (Å²) >= 11 is 0. The molecule has 0 radical (unpaired) electrons. The van der Waals surface area contributed by atoms with E-state index in [-0.39, 0.29) is 0 Å². The van der Waals surface area contributed by atoms with Crippen LogP contribution in [0.15, 0.2) is 29.3 Å².